The summed E-state index contributed by atoms with van der Waals surface area (Å²) in [5.41, 5.74) is 7.97. The second-order valence-electron chi connectivity index (χ2n) is 7.03. The molecule has 0 atom stereocenters. The molecule has 5 nitrogen and oxygen atoms in total. The SMILES string of the molecule is Cc1cnc2ccc(/C=N/NC(=O)CCn3cc(C)c4ccccc43)cc2c1. The molecule has 0 radical (unpaired) electrons. The van der Waals surface area contributed by atoms with Crippen molar-refractivity contribution in [3.05, 3.63) is 77.6 Å². The topological polar surface area (TPSA) is 59.3 Å². The van der Waals surface area contributed by atoms with Gasteiger partial charge in [0.05, 0.1) is 11.7 Å². The normalized spacial score (nSPS) is 11.5. The van der Waals surface area contributed by atoms with Crippen LogP contribution in [0.2, 0.25) is 0 Å². The summed E-state index contributed by atoms with van der Waals surface area (Å²) in [6.07, 6.45) is 5.98. The molecule has 5 heteroatoms. The van der Waals surface area contributed by atoms with Crippen LogP contribution >= 0.6 is 0 Å². The molecule has 0 fully saturated rings. The lowest BCUT2D eigenvalue weighted by atomic mass is 10.1. The highest BCUT2D eigenvalue weighted by Gasteiger charge is 2.06. The average molecular weight is 370 g/mol. The molecule has 28 heavy (non-hydrogen) atoms. The van der Waals surface area contributed by atoms with Gasteiger partial charge in [0.15, 0.2) is 0 Å². The molecule has 2 aromatic carbocycles. The number of fused-ring (bicyclic) bond motifs is 2. The molecule has 2 heterocycles. The Morgan fingerprint density at radius 3 is 2.93 bits per heavy atom. The standard InChI is InChI=1S/C23H22N4O/c1-16-11-19-12-18(7-8-21(19)24-13-16)14-25-26-23(28)9-10-27-15-17(2)20-5-3-4-6-22(20)27/h3-8,11-15H,9-10H2,1-2H3,(H,26,28)/b25-14+. The van der Waals surface area contributed by atoms with Gasteiger partial charge in [0.2, 0.25) is 5.91 Å². The number of aromatic nitrogens is 2. The van der Waals surface area contributed by atoms with E-state index in [0.717, 1.165) is 27.5 Å². The predicted octanol–water partition coefficient (Wildman–Crippen LogP) is 4.35. The van der Waals surface area contributed by atoms with Gasteiger partial charge in [-0.1, -0.05) is 24.3 Å². The summed E-state index contributed by atoms with van der Waals surface area (Å²) in [6.45, 7) is 4.73. The Labute approximate surface area is 163 Å². The predicted molar refractivity (Wildman–Crippen MR) is 114 cm³/mol. The van der Waals surface area contributed by atoms with Crippen LogP contribution in [-0.4, -0.2) is 21.7 Å². The van der Waals surface area contributed by atoms with Crippen LogP contribution in [0, 0.1) is 13.8 Å². The van der Waals surface area contributed by atoms with E-state index < -0.39 is 0 Å². The van der Waals surface area contributed by atoms with E-state index in [1.807, 2.05) is 43.5 Å². The molecule has 4 rings (SSSR count). The number of carbonyl (C=O) groups is 1. The minimum Gasteiger partial charge on any atom is -0.347 e. The van der Waals surface area contributed by atoms with E-state index in [0.29, 0.717) is 13.0 Å². The fourth-order valence-corrected chi connectivity index (χ4v) is 3.41. The Balaban J connectivity index is 1.37. The van der Waals surface area contributed by atoms with E-state index in [1.54, 1.807) is 6.21 Å². The van der Waals surface area contributed by atoms with Gasteiger partial charge in [0, 0.05) is 41.6 Å². The van der Waals surface area contributed by atoms with Crippen molar-refractivity contribution in [3.63, 3.8) is 0 Å². The third-order valence-electron chi connectivity index (χ3n) is 4.81. The Kier molecular flexibility index (Phi) is 4.89. The van der Waals surface area contributed by atoms with Crippen LogP contribution in [0.15, 0.2) is 66.0 Å². The minimum absolute atomic E-state index is 0.106. The Hall–Kier alpha value is -3.47. The number of pyridine rings is 1. The van der Waals surface area contributed by atoms with Gasteiger partial charge >= 0.3 is 0 Å². The first-order valence-electron chi connectivity index (χ1n) is 9.33. The Morgan fingerprint density at radius 1 is 1.18 bits per heavy atom. The highest BCUT2D eigenvalue weighted by molar-refractivity contribution is 5.89. The summed E-state index contributed by atoms with van der Waals surface area (Å²) in [5, 5.41) is 6.38. The van der Waals surface area contributed by atoms with Gasteiger partial charge in [-0.3, -0.25) is 9.78 Å². The van der Waals surface area contributed by atoms with Crippen molar-refractivity contribution < 1.29 is 4.79 Å². The number of hydrogen-bond donors (Lipinski definition) is 1. The average Bonchev–Trinajstić information content (AvgIpc) is 3.02. The lowest BCUT2D eigenvalue weighted by Crippen LogP contribution is -2.19. The quantitative estimate of drug-likeness (QED) is 0.419. The maximum Gasteiger partial charge on any atom is 0.241 e. The summed E-state index contributed by atoms with van der Waals surface area (Å²) in [4.78, 5) is 16.5. The van der Waals surface area contributed by atoms with Crippen molar-refractivity contribution in [2.75, 3.05) is 0 Å². The number of carbonyl (C=O) groups excluding carboxylic acids is 1. The molecule has 0 bridgehead atoms. The third-order valence-corrected chi connectivity index (χ3v) is 4.81. The second-order valence-corrected chi connectivity index (χ2v) is 7.03. The first-order valence-corrected chi connectivity index (χ1v) is 9.33. The largest absolute Gasteiger partial charge is 0.347 e. The zero-order valence-electron chi connectivity index (χ0n) is 16.0. The molecule has 0 spiro atoms. The molecule has 1 amide bonds. The van der Waals surface area contributed by atoms with E-state index in [4.69, 9.17) is 0 Å². The molecule has 0 aliphatic carbocycles. The van der Waals surface area contributed by atoms with E-state index in [1.165, 1.54) is 10.9 Å². The second kappa shape index (κ2) is 7.64. The van der Waals surface area contributed by atoms with E-state index in [9.17, 15) is 4.79 Å². The Morgan fingerprint density at radius 2 is 2.04 bits per heavy atom. The van der Waals surface area contributed by atoms with Gasteiger partial charge < -0.3 is 4.57 Å². The van der Waals surface area contributed by atoms with E-state index >= 15 is 0 Å². The molecule has 1 N–H and O–H groups in total. The van der Waals surface area contributed by atoms with Gasteiger partial charge in [-0.15, -0.1) is 0 Å². The van der Waals surface area contributed by atoms with Crippen LogP contribution in [0.25, 0.3) is 21.8 Å². The molecule has 140 valence electrons. The zero-order chi connectivity index (χ0) is 19.5. The number of amides is 1. The van der Waals surface area contributed by atoms with Crippen molar-refractivity contribution in [3.8, 4) is 0 Å². The zero-order valence-corrected chi connectivity index (χ0v) is 16.0. The lowest BCUT2D eigenvalue weighted by Gasteiger charge is -2.04. The fraction of sp³-hybridized carbons (Fsp3) is 0.174. The van der Waals surface area contributed by atoms with Crippen molar-refractivity contribution in [2.24, 2.45) is 5.10 Å². The maximum absolute atomic E-state index is 12.2. The number of hydrazone groups is 1. The van der Waals surface area contributed by atoms with Gasteiger partial charge in [0.25, 0.3) is 0 Å². The monoisotopic (exact) mass is 370 g/mol. The van der Waals surface area contributed by atoms with Gasteiger partial charge in [-0.25, -0.2) is 5.43 Å². The molecule has 0 aliphatic heterocycles. The molecule has 0 aliphatic rings. The molecule has 2 aromatic heterocycles. The third kappa shape index (κ3) is 3.78. The van der Waals surface area contributed by atoms with Crippen LogP contribution in [0.1, 0.15) is 23.1 Å². The van der Waals surface area contributed by atoms with Crippen molar-refractivity contribution in [1.29, 1.82) is 0 Å². The lowest BCUT2D eigenvalue weighted by molar-refractivity contribution is -0.121. The number of nitrogens with one attached hydrogen (secondary N) is 1. The van der Waals surface area contributed by atoms with Crippen LogP contribution in [-0.2, 0) is 11.3 Å². The summed E-state index contributed by atoms with van der Waals surface area (Å²) in [5.74, 6) is -0.106. The Bertz CT molecular complexity index is 1190. The highest BCUT2D eigenvalue weighted by Crippen LogP contribution is 2.20. The number of aryl methyl sites for hydroxylation is 3. The number of hydrogen-bond acceptors (Lipinski definition) is 3. The first kappa shape index (κ1) is 17.9. The number of rotatable bonds is 5. The summed E-state index contributed by atoms with van der Waals surface area (Å²) >= 11 is 0. The van der Waals surface area contributed by atoms with Crippen molar-refractivity contribution >= 4 is 33.9 Å². The van der Waals surface area contributed by atoms with Crippen LogP contribution in [0.3, 0.4) is 0 Å². The highest BCUT2D eigenvalue weighted by atomic mass is 16.2. The summed E-state index contributed by atoms with van der Waals surface area (Å²) in [6, 6.07) is 16.2. The maximum atomic E-state index is 12.2. The first-order chi connectivity index (χ1) is 13.6. The smallest absolute Gasteiger partial charge is 0.241 e. The fourth-order valence-electron chi connectivity index (χ4n) is 3.41. The number of para-hydroxylation sites is 1. The molecular formula is C23H22N4O. The summed E-state index contributed by atoms with van der Waals surface area (Å²) in [7, 11) is 0. The van der Waals surface area contributed by atoms with E-state index in [2.05, 4.69) is 51.4 Å². The van der Waals surface area contributed by atoms with Gasteiger partial charge in [-0.2, -0.15) is 5.10 Å². The minimum atomic E-state index is -0.106. The van der Waals surface area contributed by atoms with Crippen LogP contribution in [0.4, 0.5) is 0 Å². The summed E-state index contributed by atoms with van der Waals surface area (Å²) < 4.78 is 2.12. The van der Waals surface area contributed by atoms with E-state index in [-0.39, 0.29) is 5.91 Å². The molecule has 0 saturated carbocycles. The number of benzene rings is 2. The van der Waals surface area contributed by atoms with Crippen LogP contribution in [0.5, 0.6) is 0 Å². The molecule has 4 aromatic rings. The van der Waals surface area contributed by atoms with Gasteiger partial charge in [-0.05, 0) is 54.8 Å². The molecule has 0 unspecified atom stereocenters. The van der Waals surface area contributed by atoms with Crippen LogP contribution < -0.4 is 5.43 Å². The van der Waals surface area contributed by atoms with Crippen molar-refractivity contribution in [1.82, 2.24) is 15.0 Å². The molecular weight excluding hydrogens is 348 g/mol. The molecule has 0 saturated heterocycles. The van der Waals surface area contributed by atoms with Gasteiger partial charge in [0.1, 0.15) is 0 Å². The number of nitrogens with zero attached hydrogens (tertiary/aromatic N) is 3. The van der Waals surface area contributed by atoms with Crippen molar-refractivity contribution in [2.45, 2.75) is 26.8 Å².